The summed E-state index contributed by atoms with van der Waals surface area (Å²) in [5.74, 6) is 0.216. The zero-order valence-corrected chi connectivity index (χ0v) is 17.2. The maximum absolute atomic E-state index is 12.8. The third kappa shape index (κ3) is 6.27. The lowest BCUT2D eigenvalue weighted by atomic mass is 10.1. The van der Waals surface area contributed by atoms with E-state index < -0.39 is 10.0 Å². The van der Waals surface area contributed by atoms with Gasteiger partial charge in [-0.1, -0.05) is 19.9 Å². The van der Waals surface area contributed by atoms with E-state index in [1.54, 1.807) is 19.1 Å². The third-order valence-corrected chi connectivity index (χ3v) is 6.16. The van der Waals surface area contributed by atoms with Crippen molar-refractivity contribution in [1.29, 1.82) is 0 Å². The third-order valence-electron chi connectivity index (χ3n) is 4.26. The summed E-state index contributed by atoms with van der Waals surface area (Å²) in [6.45, 7) is 9.17. The number of hydrogen-bond acceptors (Lipinski definition) is 5. The molecule has 1 amide bonds. The van der Waals surface area contributed by atoms with Crippen molar-refractivity contribution in [3.05, 3.63) is 29.3 Å². The van der Waals surface area contributed by atoms with Crippen LogP contribution < -0.4 is 5.32 Å². The Kier molecular flexibility index (Phi) is 8.22. The number of amides is 1. The summed E-state index contributed by atoms with van der Waals surface area (Å²) in [5, 5.41) is 2.84. The monoisotopic (exact) mass is 398 g/mol. The minimum atomic E-state index is -3.62. The first-order chi connectivity index (χ1) is 12.8. The molecule has 1 aliphatic rings. The lowest BCUT2D eigenvalue weighted by Gasteiger charge is -2.26. The zero-order chi connectivity index (χ0) is 19.9. The summed E-state index contributed by atoms with van der Waals surface area (Å²) >= 11 is 0. The minimum absolute atomic E-state index is 0.139. The van der Waals surface area contributed by atoms with Gasteiger partial charge < -0.3 is 14.8 Å². The Balaban J connectivity index is 1.98. The number of ether oxygens (including phenoxy) is 2. The summed E-state index contributed by atoms with van der Waals surface area (Å²) in [6.07, 6.45) is 0.712. The number of hydrogen-bond donors (Lipinski definition) is 1. The zero-order valence-electron chi connectivity index (χ0n) is 16.4. The molecule has 1 N–H and O–H groups in total. The molecule has 0 unspecified atom stereocenters. The second-order valence-electron chi connectivity index (χ2n) is 7.07. The Morgan fingerprint density at radius 2 is 2.00 bits per heavy atom. The molecule has 1 aliphatic heterocycles. The Morgan fingerprint density at radius 1 is 1.30 bits per heavy atom. The molecule has 152 valence electrons. The maximum atomic E-state index is 12.8. The molecule has 0 aromatic heterocycles. The molecule has 0 aliphatic carbocycles. The maximum Gasteiger partial charge on any atom is 0.251 e. The number of benzene rings is 1. The average Bonchev–Trinajstić information content (AvgIpc) is 2.65. The van der Waals surface area contributed by atoms with E-state index in [0.29, 0.717) is 64.0 Å². The van der Waals surface area contributed by atoms with Crippen molar-refractivity contribution in [3.63, 3.8) is 0 Å². The van der Waals surface area contributed by atoms with E-state index in [0.717, 1.165) is 5.56 Å². The molecule has 2 rings (SSSR count). The number of sulfonamides is 1. The van der Waals surface area contributed by atoms with Crippen molar-refractivity contribution in [2.75, 3.05) is 46.1 Å². The Labute approximate surface area is 162 Å². The highest BCUT2D eigenvalue weighted by Crippen LogP contribution is 2.20. The van der Waals surface area contributed by atoms with Crippen LogP contribution in [0.1, 0.15) is 36.2 Å². The van der Waals surface area contributed by atoms with Gasteiger partial charge in [-0.3, -0.25) is 4.79 Å². The van der Waals surface area contributed by atoms with E-state index in [1.165, 1.54) is 10.4 Å². The predicted octanol–water partition coefficient (Wildman–Crippen LogP) is 1.81. The Morgan fingerprint density at radius 3 is 2.67 bits per heavy atom. The highest BCUT2D eigenvalue weighted by atomic mass is 32.2. The van der Waals surface area contributed by atoms with Crippen LogP contribution in [0.2, 0.25) is 0 Å². The van der Waals surface area contributed by atoms with E-state index in [9.17, 15) is 13.2 Å². The second-order valence-corrected chi connectivity index (χ2v) is 9.01. The van der Waals surface area contributed by atoms with Crippen molar-refractivity contribution in [3.8, 4) is 0 Å². The van der Waals surface area contributed by atoms with Gasteiger partial charge in [0.25, 0.3) is 5.91 Å². The van der Waals surface area contributed by atoms with Gasteiger partial charge in [-0.05, 0) is 37.0 Å². The highest BCUT2D eigenvalue weighted by Gasteiger charge is 2.27. The lowest BCUT2D eigenvalue weighted by Crippen LogP contribution is -2.40. The van der Waals surface area contributed by atoms with Crippen LogP contribution in [0, 0.1) is 12.8 Å². The van der Waals surface area contributed by atoms with Gasteiger partial charge in [-0.15, -0.1) is 0 Å². The summed E-state index contributed by atoms with van der Waals surface area (Å²) in [6, 6.07) is 4.69. The van der Waals surface area contributed by atoms with Crippen LogP contribution in [0.3, 0.4) is 0 Å². The highest BCUT2D eigenvalue weighted by molar-refractivity contribution is 7.89. The van der Waals surface area contributed by atoms with Crippen molar-refractivity contribution >= 4 is 15.9 Å². The molecule has 0 saturated carbocycles. The fourth-order valence-corrected chi connectivity index (χ4v) is 4.17. The van der Waals surface area contributed by atoms with E-state index >= 15 is 0 Å². The first-order valence-electron chi connectivity index (χ1n) is 9.37. The summed E-state index contributed by atoms with van der Waals surface area (Å²) < 4.78 is 37.7. The molecule has 1 fully saturated rings. The predicted molar refractivity (Wildman–Crippen MR) is 103 cm³/mol. The van der Waals surface area contributed by atoms with E-state index in [4.69, 9.17) is 9.47 Å². The molecule has 1 saturated heterocycles. The topological polar surface area (TPSA) is 84.9 Å². The molecule has 0 spiro atoms. The van der Waals surface area contributed by atoms with Gasteiger partial charge >= 0.3 is 0 Å². The van der Waals surface area contributed by atoms with E-state index in [2.05, 4.69) is 19.2 Å². The van der Waals surface area contributed by atoms with Crippen molar-refractivity contribution in [2.24, 2.45) is 5.92 Å². The summed E-state index contributed by atoms with van der Waals surface area (Å²) in [7, 11) is -3.62. The molecule has 8 heteroatoms. The van der Waals surface area contributed by atoms with E-state index in [1.807, 2.05) is 0 Å². The van der Waals surface area contributed by atoms with Crippen LogP contribution in [-0.2, 0) is 19.5 Å². The number of morpholine rings is 1. The number of carbonyl (C=O) groups is 1. The lowest BCUT2D eigenvalue weighted by molar-refractivity contribution is 0.0730. The Hall–Kier alpha value is -1.48. The first-order valence-corrected chi connectivity index (χ1v) is 10.8. The molecular weight excluding hydrogens is 368 g/mol. The molecule has 1 heterocycles. The van der Waals surface area contributed by atoms with Crippen LogP contribution in [-0.4, -0.2) is 64.7 Å². The molecule has 0 radical (unpaired) electrons. The second kappa shape index (κ2) is 10.2. The number of carbonyl (C=O) groups excluding carboxylic acids is 1. The molecule has 1 aromatic rings. The number of rotatable bonds is 9. The molecule has 0 bridgehead atoms. The van der Waals surface area contributed by atoms with Gasteiger partial charge in [0.15, 0.2) is 0 Å². The Bertz CT molecular complexity index is 728. The molecule has 27 heavy (non-hydrogen) atoms. The van der Waals surface area contributed by atoms with Crippen molar-refractivity contribution in [2.45, 2.75) is 32.1 Å². The molecular formula is C19H30N2O5S. The van der Waals surface area contributed by atoms with Gasteiger partial charge in [0.05, 0.1) is 18.1 Å². The van der Waals surface area contributed by atoms with Crippen molar-refractivity contribution in [1.82, 2.24) is 9.62 Å². The fourth-order valence-electron chi connectivity index (χ4n) is 2.73. The van der Waals surface area contributed by atoms with Crippen LogP contribution in [0.4, 0.5) is 0 Å². The number of nitrogens with one attached hydrogen (secondary N) is 1. The average molecular weight is 399 g/mol. The largest absolute Gasteiger partial charge is 0.381 e. The van der Waals surface area contributed by atoms with Gasteiger partial charge in [-0.25, -0.2) is 8.42 Å². The number of aryl methyl sites for hydroxylation is 1. The SMILES string of the molecule is Cc1ccc(S(=O)(=O)N2CCOCC2)cc1C(=O)NCCCOCC(C)C. The normalized spacial score (nSPS) is 15.9. The molecule has 7 nitrogen and oxygen atoms in total. The summed E-state index contributed by atoms with van der Waals surface area (Å²) in [5.41, 5.74) is 1.12. The standard InChI is InChI=1S/C19H30N2O5S/c1-15(2)14-26-10-4-7-20-19(22)18-13-17(6-5-16(18)3)27(23,24)21-8-11-25-12-9-21/h5-6,13,15H,4,7-12,14H2,1-3H3,(H,20,22). The summed E-state index contributed by atoms with van der Waals surface area (Å²) in [4.78, 5) is 12.6. The van der Waals surface area contributed by atoms with Crippen LogP contribution in [0.25, 0.3) is 0 Å². The first kappa shape index (κ1) is 21.8. The van der Waals surface area contributed by atoms with Gasteiger partial charge in [-0.2, -0.15) is 4.31 Å². The van der Waals surface area contributed by atoms with Crippen LogP contribution in [0.5, 0.6) is 0 Å². The van der Waals surface area contributed by atoms with Crippen LogP contribution >= 0.6 is 0 Å². The van der Waals surface area contributed by atoms with Gasteiger partial charge in [0.2, 0.25) is 10.0 Å². The fraction of sp³-hybridized carbons (Fsp3) is 0.632. The smallest absolute Gasteiger partial charge is 0.251 e. The molecule has 1 aromatic carbocycles. The van der Waals surface area contributed by atoms with Crippen LogP contribution in [0.15, 0.2) is 23.1 Å². The van der Waals surface area contributed by atoms with Crippen molar-refractivity contribution < 1.29 is 22.7 Å². The minimum Gasteiger partial charge on any atom is -0.381 e. The quantitative estimate of drug-likeness (QED) is 0.641. The van der Waals surface area contributed by atoms with Gasteiger partial charge in [0.1, 0.15) is 0 Å². The van der Waals surface area contributed by atoms with E-state index in [-0.39, 0.29) is 10.8 Å². The molecule has 0 atom stereocenters. The van der Waals surface area contributed by atoms with Gasteiger partial charge in [0, 0.05) is 38.4 Å². The number of nitrogens with zero attached hydrogens (tertiary/aromatic N) is 1.